The molecule has 0 unspecified atom stereocenters. The van der Waals surface area contributed by atoms with Crippen LogP contribution in [0.2, 0.25) is 0 Å². The number of carbonyl (C=O) groups excluding carboxylic acids is 1. The Kier molecular flexibility index (Phi) is 5.32. The second kappa shape index (κ2) is 6.86. The van der Waals surface area contributed by atoms with Crippen molar-refractivity contribution in [2.24, 2.45) is 0 Å². The fourth-order valence-corrected chi connectivity index (χ4v) is 2.70. The standard InChI is InChI=1S/C16H24BrN3O2/c1-11-5-6-13(17)14(18-11)19-12-7-9-20(10-8-12)15(21)22-16(2,3)4/h5-6,12H,7-10H2,1-4H3,(H,18,19). The number of amides is 1. The lowest BCUT2D eigenvalue weighted by molar-refractivity contribution is 0.0210. The summed E-state index contributed by atoms with van der Waals surface area (Å²) >= 11 is 3.52. The van der Waals surface area contributed by atoms with Crippen LogP contribution in [0, 0.1) is 6.92 Å². The Morgan fingerprint density at radius 3 is 2.59 bits per heavy atom. The molecular formula is C16H24BrN3O2. The third kappa shape index (κ3) is 4.87. The van der Waals surface area contributed by atoms with Gasteiger partial charge < -0.3 is 15.0 Å². The molecule has 6 heteroatoms. The smallest absolute Gasteiger partial charge is 0.410 e. The van der Waals surface area contributed by atoms with Crippen molar-refractivity contribution in [1.29, 1.82) is 0 Å². The van der Waals surface area contributed by atoms with Crippen LogP contribution in [-0.4, -0.2) is 40.7 Å². The van der Waals surface area contributed by atoms with Gasteiger partial charge in [0.1, 0.15) is 11.4 Å². The monoisotopic (exact) mass is 369 g/mol. The van der Waals surface area contributed by atoms with Crippen molar-refractivity contribution < 1.29 is 9.53 Å². The Morgan fingerprint density at radius 2 is 2.00 bits per heavy atom. The molecule has 1 saturated heterocycles. The lowest BCUT2D eigenvalue weighted by atomic mass is 10.1. The quantitative estimate of drug-likeness (QED) is 0.856. The highest BCUT2D eigenvalue weighted by Crippen LogP contribution is 2.24. The van der Waals surface area contributed by atoms with Gasteiger partial charge in [-0.15, -0.1) is 0 Å². The number of aryl methyl sites for hydroxylation is 1. The van der Waals surface area contributed by atoms with E-state index in [4.69, 9.17) is 4.74 Å². The van der Waals surface area contributed by atoms with Gasteiger partial charge in [-0.2, -0.15) is 0 Å². The number of nitrogens with one attached hydrogen (secondary N) is 1. The predicted molar refractivity (Wildman–Crippen MR) is 91.1 cm³/mol. The molecule has 2 rings (SSSR count). The highest BCUT2D eigenvalue weighted by Gasteiger charge is 2.27. The number of hydrogen-bond acceptors (Lipinski definition) is 4. The topological polar surface area (TPSA) is 54.5 Å². The maximum atomic E-state index is 12.0. The number of nitrogens with zero attached hydrogens (tertiary/aromatic N) is 2. The highest BCUT2D eigenvalue weighted by molar-refractivity contribution is 9.10. The van der Waals surface area contributed by atoms with Crippen LogP contribution in [0.4, 0.5) is 10.6 Å². The van der Waals surface area contributed by atoms with Gasteiger partial charge in [-0.05, 0) is 68.6 Å². The van der Waals surface area contributed by atoms with Crippen LogP contribution in [0.3, 0.4) is 0 Å². The first-order valence-electron chi connectivity index (χ1n) is 7.62. The van der Waals surface area contributed by atoms with E-state index in [1.807, 2.05) is 39.8 Å². The molecule has 0 saturated carbocycles. The summed E-state index contributed by atoms with van der Waals surface area (Å²) in [5.41, 5.74) is 0.541. The fraction of sp³-hybridized carbons (Fsp3) is 0.625. The SMILES string of the molecule is Cc1ccc(Br)c(NC2CCN(C(=O)OC(C)(C)C)CC2)n1. The van der Waals surface area contributed by atoms with Gasteiger partial charge in [0.2, 0.25) is 0 Å². The van der Waals surface area contributed by atoms with Gasteiger partial charge in [0, 0.05) is 24.8 Å². The third-order valence-electron chi connectivity index (χ3n) is 3.47. The molecule has 0 aromatic carbocycles. The van der Waals surface area contributed by atoms with Gasteiger partial charge in [-0.25, -0.2) is 9.78 Å². The highest BCUT2D eigenvalue weighted by atomic mass is 79.9. The largest absolute Gasteiger partial charge is 0.444 e. The first-order valence-corrected chi connectivity index (χ1v) is 8.41. The van der Waals surface area contributed by atoms with Crippen LogP contribution in [0.25, 0.3) is 0 Å². The molecule has 122 valence electrons. The van der Waals surface area contributed by atoms with Crippen molar-refractivity contribution in [2.75, 3.05) is 18.4 Å². The molecule has 0 spiro atoms. The summed E-state index contributed by atoms with van der Waals surface area (Å²) in [5, 5.41) is 3.46. The average molecular weight is 370 g/mol. The predicted octanol–water partition coefficient (Wildman–Crippen LogP) is 3.96. The molecule has 0 radical (unpaired) electrons. The summed E-state index contributed by atoms with van der Waals surface area (Å²) < 4.78 is 6.38. The van der Waals surface area contributed by atoms with Crippen molar-refractivity contribution >= 4 is 27.8 Å². The van der Waals surface area contributed by atoms with Gasteiger partial charge in [0.05, 0.1) is 4.47 Å². The number of anilines is 1. The molecule has 1 N–H and O–H groups in total. The molecule has 1 aromatic rings. The lowest BCUT2D eigenvalue weighted by Crippen LogP contribution is -2.44. The number of likely N-dealkylation sites (tertiary alicyclic amines) is 1. The van der Waals surface area contributed by atoms with Crippen LogP contribution < -0.4 is 5.32 Å². The van der Waals surface area contributed by atoms with Crippen LogP contribution in [0.15, 0.2) is 16.6 Å². The van der Waals surface area contributed by atoms with E-state index in [0.717, 1.165) is 28.8 Å². The van der Waals surface area contributed by atoms with E-state index in [1.54, 1.807) is 4.90 Å². The lowest BCUT2D eigenvalue weighted by Gasteiger charge is -2.34. The molecule has 1 fully saturated rings. The molecule has 22 heavy (non-hydrogen) atoms. The van der Waals surface area contributed by atoms with E-state index >= 15 is 0 Å². The molecule has 1 aliphatic heterocycles. The van der Waals surface area contributed by atoms with Crippen LogP contribution in [0.5, 0.6) is 0 Å². The Hall–Kier alpha value is -1.30. The zero-order valence-corrected chi connectivity index (χ0v) is 15.2. The van der Waals surface area contributed by atoms with Gasteiger partial charge in [-0.3, -0.25) is 0 Å². The molecule has 0 atom stereocenters. The van der Waals surface area contributed by atoms with Crippen LogP contribution in [0.1, 0.15) is 39.3 Å². The number of carbonyl (C=O) groups is 1. The number of ether oxygens (including phenoxy) is 1. The summed E-state index contributed by atoms with van der Waals surface area (Å²) in [6.07, 6.45) is 1.56. The van der Waals surface area contributed by atoms with E-state index in [1.165, 1.54) is 0 Å². The Balaban J connectivity index is 1.87. The molecule has 2 heterocycles. The average Bonchev–Trinajstić information content (AvgIpc) is 2.42. The number of pyridine rings is 1. The van der Waals surface area contributed by atoms with Crippen LogP contribution in [-0.2, 0) is 4.74 Å². The second-order valence-corrected chi connectivity index (χ2v) is 7.52. The molecular weight excluding hydrogens is 346 g/mol. The summed E-state index contributed by atoms with van der Waals surface area (Å²) in [5.74, 6) is 0.871. The minimum absolute atomic E-state index is 0.221. The van der Waals surface area contributed by atoms with E-state index in [9.17, 15) is 4.79 Å². The second-order valence-electron chi connectivity index (χ2n) is 6.67. The molecule has 1 aliphatic rings. The normalized spacial score (nSPS) is 16.5. The number of halogens is 1. The minimum Gasteiger partial charge on any atom is -0.444 e. The number of hydrogen-bond donors (Lipinski definition) is 1. The zero-order valence-electron chi connectivity index (χ0n) is 13.6. The zero-order chi connectivity index (χ0) is 16.3. The van der Waals surface area contributed by atoms with E-state index in [0.29, 0.717) is 19.1 Å². The maximum absolute atomic E-state index is 12.0. The Morgan fingerprint density at radius 1 is 1.36 bits per heavy atom. The van der Waals surface area contributed by atoms with E-state index < -0.39 is 5.60 Å². The Labute approximate surface area is 140 Å². The number of aromatic nitrogens is 1. The molecule has 1 aromatic heterocycles. The minimum atomic E-state index is -0.442. The third-order valence-corrected chi connectivity index (χ3v) is 4.11. The molecule has 0 aliphatic carbocycles. The first kappa shape index (κ1) is 17.1. The first-order chi connectivity index (χ1) is 10.2. The van der Waals surface area contributed by atoms with Crippen molar-refractivity contribution in [3.05, 3.63) is 22.3 Å². The maximum Gasteiger partial charge on any atom is 0.410 e. The van der Waals surface area contributed by atoms with Gasteiger partial charge >= 0.3 is 6.09 Å². The Bertz CT molecular complexity index is 535. The number of piperidine rings is 1. The summed E-state index contributed by atoms with van der Waals surface area (Å²) in [6, 6.07) is 4.30. The fourth-order valence-electron chi connectivity index (χ4n) is 2.37. The summed E-state index contributed by atoms with van der Waals surface area (Å²) in [7, 11) is 0. The van der Waals surface area contributed by atoms with E-state index in [2.05, 4.69) is 26.2 Å². The number of rotatable bonds is 2. The molecule has 5 nitrogen and oxygen atoms in total. The summed E-state index contributed by atoms with van der Waals surface area (Å²) in [4.78, 5) is 18.3. The van der Waals surface area contributed by atoms with Crippen molar-refractivity contribution in [3.63, 3.8) is 0 Å². The van der Waals surface area contributed by atoms with E-state index in [-0.39, 0.29) is 6.09 Å². The van der Waals surface area contributed by atoms with Crippen molar-refractivity contribution in [1.82, 2.24) is 9.88 Å². The van der Waals surface area contributed by atoms with Crippen LogP contribution >= 0.6 is 15.9 Å². The molecule has 0 bridgehead atoms. The summed E-state index contributed by atoms with van der Waals surface area (Å²) in [6.45, 7) is 9.05. The molecule has 1 amide bonds. The van der Waals surface area contributed by atoms with Crippen molar-refractivity contribution in [3.8, 4) is 0 Å². The van der Waals surface area contributed by atoms with Gasteiger partial charge in [-0.1, -0.05) is 0 Å². The van der Waals surface area contributed by atoms with Gasteiger partial charge in [0.15, 0.2) is 0 Å². The van der Waals surface area contributed by atoms with Crippen molar-refractivity contribution in [2.45, 2.75) is 52.2 Å². The van der Waals surface area contributed by atoms with Gasteiger partial charge in [0.25, 0.3) is 0 Å².